The highest BCUT2D eigenvalue weighted by atomic mass is 16.2. The van der Waals surface area contributed by atoms with E-state index >= 15 is 0 Å². The second-order valence-electron chi connectivity index (χ2n) is 5.84. The van der Waals surface area contributed by atoms with Crippen molar-refractivity contribution in [2.75, 3.05) is 6.54 Å². The topological polar surface area (TPSA) is 32.3 Å². The van der Waals surface area contributed by atoms with Crippen molar-refractivity contribution in [1.82, 2.24) is 10.2 Å². The summed E-state index contributed by atoms with van der Waals surface area (Å²) in [6.07, 6.45) is 8.75. The Morgan fingerprint density at radius 2 is 1.76 bits per heavy atom. The summed E-state index contributed by atoms with van der Waals surface area (Å²) < 4.78 is 0. The minimum Gasteiger partial charge on any atom is -0.338 e. The molecule has 1 aliphatic heterocycles. The summed E-state index contributed by atoms with van der Waals surface area (Å²) >= 11 is 0. The van der Waals surface area contributed by atoms with E-state index < -0.39 is 0 Å². The number of hydrogen-bond donors (Lipinski definition) is 1. The van der Waals surface area contributed by atoms with E-state index in [1.807, 2.05) is 0 Å². The number of carbonyl (C=O) groups is 1. The average molecular weight is 238 g/mol. The minimum absolute atomic E-state index is 0.0817. The van der Waals surface area contributed by atoms with Crippen LogP contribution in [-0.2, 0) is 4.79 Å². The molecule has 1 atom stereocenters. The van der Waals surface area contributed by atoms with Crippen LogP contribution >= 0.6 is 0 Å². The average Bonchev–Trinajstić information content (AvgIpc) is 2.55. The van der Waals surface area contributed by atoms with E-state index in [0.29, 0.717) is 18.0 Å². The Bertz CT molecular complexity index is 257. The first-order valence-corrected chi connectivity index (χ1v) is 7.25. The Hall–Kier alpha value is -0.570. The fourth-order valence-corrected chi connectivity index (χ4v) is 3.19. The second-order valence-corrected chi connectivity index (χ2v) is 5.84. The first-order chi connectivity index (χ1) is 8.18. The minimum atomic E-state index is 0.0817. The van der Waals surface area contributed by atoms with Gasteiger partial charge in [0.05, 0.1) is 6.04 Å². The number of rotatable bonds is 3. The maximum Gasteiger partial charge on any atom is 0.240 e. The molecule has 0 aromatic carbocycles. The molecule has 0 radical (unpaired) electrons. The van der Waals surface area contributed by atoms with Crippen molar-refractivity contribution in [3.63, 3.8) is 0 Å². The smallest absolute Gasteiger partial charge is 0.240 e. The van der Waals surface area contributed by atoms with E-state index in [0.717, 1.165) is 13.0 Å². The van der Waals surface area contributed by atoms with E-state index in [-0.39, 0.29) is 6.04 Å². The standard InChI is InChI=1S/C14H26N2O/c1-11(2)15-13-9-10-16(14(13)17)12-7-5-3-4-6-8-12/h11-13,15H,3-10H2,1-2H3. The van der Waals surface area contributed by atoms with Crippen LogP contribution in [0.2, 0.25) is 0 Å². The first-order valence-electron chi connectivity index (χ1n) is 7.25. The lowest BCUT2D eigenvalue weighted by molar-refractivity contribution is -0.131. The maximum absolute atomic E-state index is 12.3. The van der Waals surface area contributed by atoms with Crippen molar-refractivity contribution in [1.29, 1.82) is 0 Å². The van der Waals surface area contributed by atoms with Crippen molar-refractivity contribution in [2.24, 2.45) is 0 Å². The molecule has 2 aliphatic rings. The van der Waals surface area contributed by atoms with Crippen LogP contribution in [0.1, 0.15) is 58.8 Å². The van der Waals surface area contributed by atoms with Crippen LogP contribution in [0.25, 0.3) is 0 Å². The van der Waals surface area contributed by atoms with Crippen LogP contribution in [0.4, 0.5) is 0 Å². The Kier molecular flexibility index (Phi) is 4.43. The lowest BCUT2D eigenvalue weighted by atomic mass is 10.1. The zero-order chi connectivity index (χ0) is 12.3. The molecule has 3 nitrogen and oxygen atoms in total. The zero-order valence-electron chi connectivity index (χ0n) is 11.2. The molecular formula is C14H26N2O. The van der Waals surface area contributed by atoms with Gasteiger partial charge in [-0.15, -0.1) is 0 Å². The third-order valence-corrected chi connectivity index (χ3v) is 4.04. The predicted molar refractivity (Wildman–Crippen MR) is 69.9 cm³/mol. The number of hydrogen-bond acceptors (Lipinski definition) is 2. The molecule has 0 bridgehead atoms. The molecule has 0 aromatic rings. The van der Waals surface area contributed by atoms with Crippen LogP contribution in [0.5, 0.6) is 0 Å². The molecule has 2 rings (SSSR count). The molecule has 1 saturated heterocycles. The van der Waals surface area contributed by atoms with Crippen LogP contribution in [0, 0.1) is 0 Å². The molecule has 2 fully saturated rings. The molecule has 3 heteroatoms. The Balaban J connectivity index is 1.91. The van der Waals surface area contributed by atoms with Crippen molar-refractivity contribution in [3.05, 3.63) is 0 Å². The van der Waals surface area contributed by atoms with Gasteiger partial charge in [-0.2, -0.15) is 0 Å². The highest BCUT2D eigenvalue weighted by molar-refractivity contribution is 5.84. The van der Waals surface area contributed by atoms with Gasteiger partial charge in [-0.05, 0) is 19.3 Å². The van der Waals surface area contributed by atoms with Gasteiger partial charge < -0.3 is 10.2 Å². The Morgan fingerprint density at radius 1 is 1.12 bits per heavy atom. The SMILES string of the molecule is CC(C)NC1CCN(C2CCCCCC2)C1=O. The Morgan fingerprint density at radius 3 is 2.35 bits per heavy atom. The normalized spacial score (nSPS) is 27.8. The zero-order valence-corrected chi connectivity index (χ0v) is 11.2. The van der Waals surface area contributed by atoms with E-state index in [1.54, 1.807) is 0 Å². The largest absolute Gasteiger partial charge is 0.338 e. The van der Waals surface area contributed by atoms with Crippen molar-refractivity contribution in [2.45, 2.75) is 76.9 Å². The lowest BCUT2D eigenvalue weighted by Gasteiger charge is -2.27. The summed E-state index contributed by atoms with van der Waals surface area (Å²) in [5.74, 6) is 0.352. The quantitative estimate of drug-likeness (QED) is 0.765. The van der Waals surface area contributed by atoms with Crippen LogP contribution < -0.4 is 5.32 Å². The summed E-state index contributed by atoms with van der Waals surface area (Å²) in [4.78, 5) is 14.5. The molecule has 1 saturated carbocycles. The van der Waals surface area contributed by atoms with Crippen LogP contribution in [0.3, 0.4) is 0 Å². The number of carbonyl (C=O) groups excluding carboxylic acids is 1. The fraction of sp³-hybridized carbons (Fsp3) is 0.929. The summed E-state index contributed by atoms with van der Waals surface area (Å²) in [5, 5.41) is 3.38. The van der Waals surface area contributed by atoms with Gasteiger partial charge in [-0.25, -0.2) is 0 Å². The molecule has 1 N–H and O–H groups in total. The van der Waals surface area contributed by atoms with Crippen molar-refractivity contribution < 1.29 is 4.79 Å². The molecule has 0 aromatic heterocycles. The predicted octanol–water partition coefficient (Wildman–Crippen LogP) is 2.31. The van der Waals surface area contributed by atoms with E-state index in [4.69, 9.17) is 0 Å². The van der Waals surface area contributed by atoms with Gasteiger partial charge in [0.1, 0.15) is 0 Å². The van der Waals surface area contributed by atoms with Gasteiger partial charge in [0.25, 0.3) is 0 Å². The highest BCUT2D eigenvalue weighted by Crippen LogP contribution is 2.25. The number of amides is 1. The molecule has 98 valence electrons. The van der Waals surface area contributed by atoms with Crippen molar-refractivity contribution >= 4 is 5.91 Å². The molecular weight excluding hydrogens is 212 g/mol. The van der Waals surface area contributed by atoms with Gasteiger partial charge in [0, 0.05) is 18.6 Å². The third-order valence-electron chi connectivity index (χ3n) is 4.04. The fourth-order valence-electron chi connectivity index (χ4n) is 3.19. The molecule has 17 heavy (non-hydrogen) atoms. The number of nitrogens with zero attached hydrogens (tertiary/aromatic N) is 1. The second kappa shape index (κ2) is 5.85. The van der Waals surface area contributed by atoms with Crippen molar-refractivity contribution in [3.8, 4) is 0 Å². The lowest BCUT2D eigenvalue weighted by Crippen LogP contribution is -2.44. The number of nitrogens with one attached hydrogen (secondary N) is 1. The summed E-state index contributed by atoms with van der Waals surface area (Å²) in [6, 6.07) is 1.01. The summed E-state index contributed by atoms with van der Waals surface area (Å²) in [7, 11) is 0. The summed E-state index contributed by atoms with van der Waals surface area (Å²) in [6.45, 7) is 5.19. The van der Waals surface area contributed by atoms with Crippen LogP contribution in [0.15, 0.2) is 0 Å². The van der Waals surface area contributed by atoms with Gasteiger partial charge >= 0.3 is 0 Å². The maximum atomic E-state index is 12.3. The molecule has 1 heterocycles. The van der Waals surface area contributed by atoms with E-state index in [9.17, 15) is 4.79 Å². The molecule has 1 aliphatic carbocycles. The monoisotopic (exact) mass is 238 g/mol. The van der Waals surface area contributed by atoms with Gasteiger partial charge in [-0.1, -0.05) is 39.5 Å². The van der Waals surface area contributed by atoms with Gasteiger partial charge in [-0.3, -0.25) is 4.79 Å². The van der Waals surface area contributed by atoms with Gasteiger partial charge in [0.2, 0.25) is 5.91 Å². The summed E-state index contributed by atoms with van der Waals surface area (Å²) in [5.41, 5.74) is 0. The first kappa shape index (κ1) is 12.9. The van der Waals surface area contributed by atoms with Crippen LogP contribution in [-0.4, -0.2) is 35.5 Å². The molecule has 0 spiro atoms. The molecule has 1 unspecified atom stereocenters. The highest BCUT2D eigenvalue weighted by Gasteiger charge is 2.35. The Labute approximate surface area is 105 Å². The molecule has 1 amide bonds. The van der Waals surface area contributed by atoms with E-state index in [2.05, 4.69) is 24.1 Å². The third kappa shape index (κ3) is 3.21. The van der Waals surface area contributed by atoms with Gasteiger partial charge in [0.15, 0.2) is 0 Å². The number of likely N-dealkylation sites (tertiary alicyclic amines) is 1. The van der Waals surface area contributed by atoms with E-state index in [1.165, 1.54) is 38.5 Å².